The van der Waals surface area contributed by atoms with Gasteiger partial charge in [0.05, 0.1) is 21.5 Å². The van der Waals surface area contributed by atoms with E-state index in [-0.39, 0.29) is 5.91 Å². The second-order valence-corrected chi connectivity index (χ2v) is 8.43. The molecular weight excluding hydrogens is 408 g/mol. The molecule has 0 aliphatic rings. The lowest BCUT2D eigenvalue weighted by Gasteiger charge is -2.16. The Kier molecular flexibility index (Phi) is 5.65. The van der Waals surface area contributed by atoms with Crippen molar-refractivity contribution in [3.05, 3.63) is 67.2 Å². The van der Waals surface area contributed by atoms with E-state index in [1.807, 2.05) is 29.6 Å². The van der Waals surface area contributed by atoms with E-state index in [2.05, 4.69) is 20.9 Å². The maximum Gasteiger partial charge on any atom is 0.254 e. The SMILES string of the molecule is CN(Cc1ccc(Br)s1)C(=O)c1cccc(OCc2cscn2)c1. The molecule has 0 aliphatic carbocycles. The first-order valence-corrected chi connectivity index (χ1v) is 9.76. The minimum absolute atomic E-state index is 0.0290. The van der Waals surface area contributed by atoms with Crippen molar-refractivity contribution < 1.29 is 9.53 Å². The number of hydrogen-bond donors (Lipinski definition) is 0. The van der Waals surface area contributed by atoms with E-state index in [0.717, 1.165) is 14.4 Å². The highest BCUT2D eigenvalue weighted by Crippen LogP contribution is 2.24. The number of carbonyl (C=O) groups is 1. The fourth-order valence-corrected chi connectivity index (χ4v) is 4.23. The van der Waals surface area contributed by atoms with Gasteiger partial charge < -0.3 is 9.64 Å². The number of thiazole rings is 1. The molecule has 2 heterocycles. The molecule has 1 amide bonds. The highest BCUT2D eigenvalue weighted by molar-refractivity contribution is 9.11. The summed E-state index contributed by atoms with van der Waals surface area (Å²) in [5.41, 5.74) is 3.28. The van der Waals surface area contributed by atoms with E-state index in [1.165, 1.54) is 11.3 Å². The standard InChI is InChI=1S/C17H15BrN2O2S2/c1-20(8-15-5-6-16(18)24-15)17(21)12-3-2-4-14(7-12)22-9-13-10-23-11-19-13/h2-7,10-11H,8-9H2,1H3. The van der Waals surface area contributed by atoms with E-state index in [1.54, 1.807) is 40.9 Å². The number of aromatic nitrogens is 1. The second-order valence-electron chi connectivity index (χ2n) is 5.16. The Bertz CT molecular complexity index is 818. The summed E-state index contributed by atoms with van der Waals surface area (Å²) in [5, 5.41) is 1.95. The van der Waals surface area contributed by atoms with Crippen molar-refractivity contribution in [2.75, 3.05) is 7.05 Å². The lowest BCUT2D eigenvalue weighted by molar-refractivity contribution is 0.0786. The monoisotopic (exact) mass is 422 g/mol. The van der Waals surface area contributed by atoms with Crippen molar-refractivity contribution in [3.63, 3.8) is 0 Å². The fraction of sp³-hybridized carbons (Fsp3) is 0.176. The molecule has 0 saturated carbocycles. The summed E-state index contributed by atoms with van der Waals surface area (Å²) in [5.74, 6) is 0.639. The highest BCUT2D eigenvalue weighted by atomic mass is 79.9. The van der Waals surface area contributed by atoms with Crippen molar-refractivity contribution in [2.45, 2.75) is 13.2 Å². The number of hydrogen-bond acceptors (Lipinski definition) is 5. The molecule has 0 bridgehead atoms. The summed E-state index contributed by atoms with van der Waals surface area (Å²) < 4.78 is 6.78. The molecule has 3 rings (SSSR count). The van der Waals surface area contributed by atoms with Gasteiger partial charge in [0, 0.05) is 22.9 Å². The molecule has 3 aromatic rings. The molecule has 1 aromatic carbocycles. The van der Waals surface area contributed by atoms with Gasteiger partial charge in [-0.2, -0.15) is 0 Å². The summed E-state index contributed by atoms with van der Waals surface area (Å²) in [6, 6.07) is 11.3. The molecular formula is C17H15BrN2O2S2. The zero-order chi connectivity index (χ0) is 16.9. The van der Waals surface area contributed by atoms with Gasteiger partial charge in [-0.05, 0) is 46.3 Å². The van der Waals surface area contributed by atoms with Crippen LogP contribution in [0.4, 0.5) is 0 Å². The average Bonchev–Trinajstić information content (AvgIpc) is 3.24. The van der Waals surface area contributed by atoms with E-state index in [0.29, 0.717) is 24.5 Å². The Morgan fingerprint density at radius 2 is 2.21 bits per heavy atom. The molecule has 0 atom stereocenters. The van der Waals surface area contributed by atoms with Gasteiger partial charge in [-0.25, -0.2) is 4.98 Å². The largest absolute Gasteiger partial charge is 0.487 e. The number of benzene rings is 1. The first kappa shape index (κ1) is 17.1. The quantitative estimate of drug-likeness (QED) is 0.571. The molecule has 0 aliphatic heterocycles. The van der Waals surface area contributed by atoms with Crippen molar-refractivity contribution >= 4 is 44.5 Å². The van der Waals surface area contributed by atoms with Gasteiger partial charge in [0.2, 0.25) is 0 Å². The van der Waals surface area contributed by atoms with Crippen LogP contribution in [0.1, 0.15) is 20.9 Å². The fourth-order valence-electron chi connectivity index (χ4n) is 2.15. The second kappa shape index (κ2) is 7.92. The number of carbonyl (C=O) groups excluding carboxylic acids is 1. The van der Waals surface area contributed by atoms with Crippen molar-refractivity contribution in [2.24, 2.45) is 0 Å². The van der Waals surface area contributed by atoms with Crippen LogP contribution < -0.4 is 4.74 Å². The third-order valence-corrected chi connectivity index (χ3v) is 5.56. The summed E-state index contributed by atoms with van der Waals surface area (Å²) in [6.07, 6.45) is 0. The molecule has 4 nitrogen and oxygen atoms in total. The van der Waals surface area contributed by atoms with E-state index in [4.69, 9.17) is 4.74 Å². The topological polar surface area (TPSA) is 42.4 Å². The Labute approximate surface area is 156 Å². The molecule has 0 N–H and O–H groups in total. The van der Waals surface area contributed by atoms with Gasteiger partial charge >= 0.3 is 0 Å². The van der Waals surface area contributed by atoms with Gasteiger partial charge in [0.1, 0.15) is 12.4 Å². The molecule has 0 radical (unpaired) electrons. The third-order valence-electron chi connectivity index (χ3n) is 3.32. The number of ether oxygens (including phenoxy) is 1. The van der Waals surface area contributed by atoms with Crippen LogP contribution in [-0.4, -0.2) is 22.8 Å². The maximum absolute atomic E-state index is 12.6. The van der Waals surface area contributed by atoms with Crippen molar-refractivity contribution in [3.8, 4) is 5.75 Å². The molecule has 2 aromatic heterocycles. The predicted molar refractivity (Wildman–Crippen MR) is 101 cm³/mol. The average molecular weight is 423 g/mol. The van der Waals surface area contributed by atoms with Gasteiger partial charge in [-0.15, -0.1) is 22.7 Å². The Morgan fingerprint density at radius 1 is 1.33 bits per heavy atom. The number of rotatable bonds is 6. The third kappa shape index (κ3) is 4.43. The minimum atomic E-state index is -0.0290. The van der Waals surface area contributed by atoms with Gasteiger partial charge in [0.25, 0.3) is 5.91 Å². The van der Waals surface area contributed by atoms with Crippen LogP contribution in [0, 0.1) is 0 Å². The van der Waals surface area contributed by atoms with Crippen LogP contribution in [0.3, 0.4) is 0 Å². The Morgan fingerprint density at radius 3 is 2.92 bits per heavy atom. The first-order chi connectivity index (χ1) is 11.6. The zero-order valence-electron chi connectivity index (χ0n) is 12.9. The summed E-state index contributed by atoms with van der Waals surface area (Å²) in [4.78, 5) is 19.6. The van der Waals surface area contributed by atoms with Crippen LogP contribution >= 0.6 is 38.6 Å². The summed E-state index contributed by atoms with van der Waals surface area (Å²) >= 11 is 6.61. The molecule has 0 spiro atoms. The van der Waals surface area contributed by atoms with Crippen molar-refractivity contribution in [1.29, 1.82) is 0 Å². The van der Waals surface area contributed by atoms with Gasteiger partial charge in [-0.1, -0.05) is 6.07 Å². The van der Waals surface area contributed by atoms with E-state index < -0.39 is 0 Å². The van der Waals surface area contributed by atoms with E-state index in [9.17, 15) is 4.79 Å². The minimum Gasteiger partial charge on any atom is -0.487 e. The zero-order valence-corrected chi connectivity index (χ0v) is 16.2. The van der Waals surface area contributed by atoms with E-state index >= 15 is 0 Å². The first-order valence-electron chi connectivity index (χ1n) is 7.21. The lowest BCUT2D eigenvalue weighted by atomic mass is 10.2. The maximum atomic E-state index is 12.6. The van der Waals surface area contributed by atoms with Crippen LogP contribution in [0.15, 0.2) is 51.1 Å². The molecule has 0 unspecified atom stereocenters. The highest BCUT2D eigenvalue weighted by Gasteiger charge is 2.14. The smallest absolute Gasteiger partial charge is 0.254 e. The normalized spacial score (nSPS) is 10.6. The Hall–Kier alpha value is -1.70. The number of nitrogens with zero attached hydrogens (tertiary/aromatic N) is 2. The Balaban J connectivity index is 1.64. The summed E-state index contributed by atoms with van der Waals surface area (Å²) in [7, 11) is 1.80. The molecule has 7 heteroatoms. The predicted octanol–water partition coefficient (Wildman–Crippen LogP) is 4.82. The summed E-state index contributed by atoms with van der Waals surface area (Å²) in [6.45, 7) is 0.985. The molecule has 0 saturated heterocycles. The number of halogens is 1. The van der Waals surface area contributed by atoms with Crippen LogP contribution in [0.5, 0.6) is 5.75 Å². The van der Waals surface area contributed by atoms with Gasteiger partial charge in [-0.3, -0.25) is 4.79 Å². The molecule has 124 valence electrons. The molecule has 24 heavy (non-hydrogen) atoms. The van der Waals surface area contributed by atoms with Crippen molar-refractivity contribution in [1.82, 2.24) is 9.88 Å². The van der Waals surface area contributed by atoms with Gasteiger partial charge in [0.15, 0.2) is 0 Å². The van der Waals surface area contributed by atoms with Crippen LogP contribution in [0.25, 0.3) is 0 Å². The molecule has 0 fully saturated rings. The number of thiophene rings is 1. The van der Waals surface area contributed by atoms with Crippen LogP contribution in [0.2, 0.25) is 0 Å². The number of amides is 1. The van der Waals surface area contributed by atoms with Crippen LogP contribution in [-0.2, 0) is 13.2 Å². The lowest BCUT2D eigenvalue weighted by Crippen LogP contribution is -2.25.